The number of methoxy groups -OCH3 is 1. The number of hydrogen-bond donors (Lipinski definition) is 2. The molecule has 0 aliphatic heterocycles. The molecule has 0 atom stereocenters. The lowest BCUT2D eigenvalue weighted by Gasteiger charge is -2.13. The van der Waals surface area contributed by atoms with E-state index in [0.717, 1.165) is 22.2 Å². The predicted molar refractivity (Wildman–Crippen MR) is 93.1 cm³/mol. The average molecular weight is 325 g/mol. The molecule has 0 unspecified atom stereocenters. The van der Waals surface area contributed by atoms with Gasteiger partial charge in [0.15, 0.2) is 11.5 Å². The summed E-state index contributed by atoms with van der Waals surface area (Å²) in [6.07, 6.45) is 1.50. The fraction of sp³-hybridized carbons (Fsp3) is 0.222. The normalized spacial score (nSPS) is 10.6. The van der Waals surface area contributed by atoms with Crippen LogP contribution in [0, 0.1) is 6.92 Å². The largest absolute Gasteiger partial charge is 0.493 e. The molecule has 6 heteroatoms. The number of aryl methyl sites for hydroxylation is 1. The number of anilines is 2. The Morgan fingerprint density at radius 1 is 1.12 bits per heavy atom. The Kier molecular flexibility index (Phi) is 4.77. The Labute approximate surface area is 140 Å². The van der Waals surface area contributed by atoms with Crippen molar-refractivity contribution in [1.29, 1.82) is 0 Å². The second-order valence-electron chi connectivity index (χ2n) is 5.31. The molecule has 0 aliphatic carbocycles. The van der Waals surface area contributed by atoms with Crippen molar-refractivity contribution in [2.75, 3.05) is 25.6 Å². The first kappa shape index (κ1) is 16.0. The number of benzene rings is 2. The van der Waals surface area contributed by atoms with Gasteiger partial charge in [-0.1, -0.05) is 12.1 Å². The summed E-state index contributed by atoms with van der Waals surface area (Å²) in [4.78, 5) is 8.64. The lowest BCUT2D eigenvalue weighted by atomic mass is 10.2. The summed E-state index contributed by atoms with van der Waals surface area (Å²) >= 11 is 0. The van der Waals surface area contributed by atoms with Crippen molar-refractivity contribution in [1.82, 2.24) is 9.97 Å². The van der Waals surface area contributed by atoms with Crippen molar-refractivity contribution in [3.05, 3.63) is 48.3 Å². The number of aromatic nitrogens is 2. The van der Waals surface area contributed by atoms with Crippen LogP contribution in [0.4, 0.5) is 11.5 Å². The molecule has 2 N–H and O–H groups in total. The number of nitrogens with one attached hydrogen (secondary N) is 1. The molecule has 6 nitrogen and oxygen atoms in total. The quantitative estimate of drug-likeness (QED) is 0.725. The van der Waals surface area contributed by atoms with Gasteiger partial charge in [0.05, 0.1) is 19.2 Å². The standard InChI is InChI=1S/C18H19N3O3/c1-12-4-3-5-13(8-12)21-18-14-9-16(23-2)17(24-7-6-22)10-15(14)19-11-20-18/h3-5,8-11,22H,6-7H2,1-2H3,(H,19,20,21). The van der Waals surface area contributed by atoms with Gasteiger partial charge in [-0.25, -0.2) is 9.97 Å². The molecule has 0 fully saturated rings. The van der Waals surface area contributed by atoms with E-state index in [1.165, 1.54) is 6.33 Å². The highest BCUT2D eigenvalue weighted by Gasteiger charge is 2.11. The van der Waals surface area contributed by atoms with Crippen molar-refractivity contribution < 1.29 is 14.6 Å². The highest BCUT2D eigenvalue weighted by molar-refractivity contribution is 5.93. The molecule has 0 spiro atoms. The maximum atomic E-state index is 8.93. The van der Waals surface area contributed by atoms with E-state index in [1.807, 2.05) is 37.3 Å². The van der Waals surface area contributed by atoms with Crippen molar-refractivity contribution in [3.63, 3.8) is 0 Å². The minimum Gasteiger partial charge on any atom is -0.493 e. The van der Waals surface area contributed by atoms with Crippen LogP contribution < -0.4 is 14.8 Å². The minimum absolute atomic E-state index is 0.0644. The Balaban J connectivity index is 2.02. The second-order valence-corrected chi connectivity index (χ2v) is 5.31. The third kappa shape index (κ3) is 3.38. The van der Waals surface area contributed by atoms with Crippen molar-refractivity contribution >= 4 is 22.4 Å². The van der Waals surface area contributed by atoms with E-state index in [0.29, 0.717) is 17.3 Å². The molecule has 0 amide bonds. The van der Waals surface area contributed by atoms with Gasteiger partial charge in [-0.05, 0) is 30.7 Å². The van der Waals surface area contributed by atoms with Gasteiger partial charge in [-0.3, -0.25) is 0 Å². The Morgan fingerprint density at radius 3 is 2.75 bits per heavy atom. The molecule has 0 aliphatic rings. The zero-order chi connectivity index (χ0) is 16.9. The van der Waals surface area contributed by atoms with Crippen LogP contribution in [0.2, 0.25) is 0 Å². The zero-order valence-corrected chi connectivity index (χ0v) is 13.6. The van der Waals surface area contributed by atoms with Gasteiger partial charge in [-0.2, -0.15) is 0 Å². The van der Waals surface area contributed by atoms with Gasteiger partial charge in [0, 0.05) is 17.1 Å². The molecule has 124 valence electrons. The van der Waals surface area contributed by atoms with E-state index in [4.69, 9.17) is 14.6 Å². The molecule has 1 aromatic heterocycles. The van der Waals surface area contributed by atoms with Crippen molar-refractivity contribution in [2.45, 2.75) is 6.92 Å². The summed E-state index contributed by atoms with van der Waals surface area (Å²) < 4.78 is 10.9. The maximum absolute atomic E-state index is 8.93. The molecular formula is C18H19N3O3. The molecule has 0 saturated carbocycles. The van der Waals surface area contributed by atoms with Crippen LogP contribution in [0.15, 0.2) is 42.7 Å². The van der Waals surface area contributed by atoms with Gasteiger partial charge in [0.2, 0.25) is 0 Å². The number of aliphatic hydroxyl groups is 1. The molecule has 3 aromatic rings. The van der Waals surface area contributed by atoms with E-state index < -0.39 is 0 Å². The molecule has 3 rings (SSSR count). The third-order valence-electron chi connectivity index (χ3n) is 3.55. The van der Waals surface area contributed by atoms with Crippen LogP contribution in [0.5, 0.6) is 11.5 Å². The third-order valence-corrected chi connectivity index (χ3v) is 3.55. The zero-order valence-electron chi connectivity index (χ0n) is 13.6. The summed E-state index contributed by atoms with van der Waals surface area (Å²) in [6, 6.07) is 11.7. The minimum atomic E-state index is -0.0644. The van der Waals surface area contributed by atoms with Gasteiger partial charge in [-0.15, -0.1) is 0 Å². The summed E-state index contributed by atoms with van der Waals surface area (Å²) in [7, 11) is 1.57. The average Bonchev–Trinajstić information content (AvgIpc) is 2.59. The fourth-order valence-electron chi connectivity index (χ4n) is 2.45. The van der Waals surface area contributed by atoms with Crippen LogP contribution in [0.1, 0.15) is 5.56 Å². The van der Waals surface area contributed by atoms with E-state index in [-0.39, 0.29) is 13.2 Å². The number of ether oxygens (including phenoxy) is 2. The van der Waals surface area contributed by atoms with Crippen LogP contribution in [0.3, 0.4) is 0 Å². The fourth-order valence-corrected chi connectivity index (χ4v) is 2.45. The number of aliphatic hydroxyl groups excluding tert-OH is 1. The van der Waals surface area contributed by atoms with Crippen LogP contribution in [-0.2, 0) is 0 Å². The van der Waals surface area contributed by atoms with Crippen LogP contribution >= 0.6 is 0 Å². The highest BCUT2D eigenvalue weighted by Crippen LogP contribution is 2.34. The van der Waals surface area contributed by atoms with Gasteiger partial charge < -0.3 is 19.9 Å². The van der Waals surface area contributed by atoms with Crippen molar-refractivity contribution in [3.8, 4) is 11.5 Å². The molecule has 0 bridgehead atoms. The van der Waals surface area contributed by atoms with Crippen LogP contribution in [0.25, 0.3) is 10.9 Å². The summed E-state index contributed by atoms with van der Waals surface area (Å²) in [6.45, 7) is 2.17. The Hall–Kier alpha value is -2.86. The van der Waals surface area contributed by atoms with Crippen LogP contribution in [-0.4, -0.2) is 35.4 Å². The van der Waals surface area contributed by atoms with E-state index >= 15 is 0 Å². The molecule has 1 heterocycles. The van der Waals surface area contributed by atoms with Gasteiger partial charge in [0.25, 0.3) is 0 Å². The van der Waals surface area contributed by atoms with Gasteiger partial charge in [0.1, 0.15) is 18.8 Å². The number of nitrogens with zero attached hydrogens (tertiary/aromatic N) is 2. The summed E-state index contributed by atoms with van der Waals surface area (Å²) in [5.41, 5.74) is 2.85. The monoisotopic (exact) mass is 325 g/mol. The predicted octanol–water partition coefficient (Wildman–Crippen LogP) is 3.06. The Bertz CT molecular complexity index is 852. The lowest BCUT2D eigenvalue weighted by molar-refractivity contribution is 0.196. The van der Waals surface area contributed by atoms with E-state index in [2.05, 4.69) is 15.3 Å². The maximum Gasteiger partial charge on any atom is 0.163 e. The lowest BCUT2D eigenvalue weighted by Crippen LogP contribution is -2.04. The molecule has 2 aromatic carbocycles. The topological polar surface area (TPSA) is 76.5 Å². The first-order chi connectivity index (χ1) is 11.7. The van der Waals surface area contributed by atoms with Crippen molar-refractivity contribution in [2.24, 2.45) is 0 Å². The number of fused-ring (bicyclic) bond motifs is 1. The Morgan fingerprint density at radius 2 is 2.00 bits per heavy atom. The van der Waals surface area contributed by atoms with E-state index in [1.54, 1.807) is 13.2 Å². The first-order valence-corrected chi connectivity index (χ1v) is 7.61. The van der Waals surface area contributed by atoms with Gasteiger partial charge >= 0.3 is 0 Å². The SMILES string of the molecule is COc1cc2c(Nc3cccc(C)c3)ncnc2cc1OCCO. The smallest absolute Gasteiger partial charge is 0.163 e. The molecule has 0 radical (unpaired) electrons. The summed E-state index contributed by atoms with van der Waals surface area (Å²) in [5.74, 6) is 1.80. The molecule has 0 saturated heterocycles. The number of rotatable bonds is 6. The number of hydrogen-bond acceptors (Lipinski definition) is 6. The van der Waals surface area contributed by atoms with E-state index in [9.17, 15) is 0 Å². The highest BCUT2D eigenvalue weighted by atomic mass is 16.5. The molecular weight excluding hydrogens is 306 g/mol. The summed E-state index contributed by atoms with van der Waals surface area (Å²) in [5, 5.41) is 13.1. The second kappa shape index (κ2) is 7.14. The first-order valence-electron chi connectivity index (χ1n) is 7.61. The molecule has 24 heavy (non-hydrogen) atoms.